The van der Waals surface area contributed by atoms with Crippen LogP contribution in [0.25, 0.3) is 0 Å². The maximum absolute atomic E-state index is 5.38. The second-order valence-corrected chi connectivity index (χ2v) is 2.91. The topological polar surface area (TPSA) is 82.5 Å². The van der Waals surface area contributed by atoms with Gasteiger partial charge in [0.15, 0.2) is 0 Å². The first-order valence-corrected chi connectivity index (χ1v) is 4.17. The molecule has 2 rings (SSSR count). The molecule has 14 heavy (non-hydrogen) atoms. The third-order valence-electron chi connectivity index (χ3n) is 1.70. The summed E-state index contributed by atoms with van der Waals surface area (Å²) >= 11 is 0. The molecule has 6 nitrogen and oxygen atoms in total. The Balaban J connectivity index is 2.18. The van der Waals surface area contributed by atoms with Crippen LogP contribution in [-0.2, 0) is 6.54 Å². The molecule has 0 radical (unpaired) electrons. The van der Waals surface area contributed by atoms with Gasteiger partial charge >= 0.3 is 0 Å². The summed E-state index contributed by atoms with van der Waals surface area (Å²) in [5, 5.41) is 3.94. The van der Waals surface area contributed by atoms with E-state index in [2.05, 4.69) is 20.1 Å². The third-order valence-corrected chi connectivity index (χ3v) is 1.70. The minimum Gasteiger partial charge on any atom is -0.367 e. The van der Waals surface area contributed by atoms with Crippen molar-refractivity contribution < 1.29 is 0 Å². The summed E-state index contributed by atoms with van der Waals surface area (Å²) in [5.41, 5.74) is 6.31. The summed E-state index contributed by atoms with van der Waals surface area (Å²) in [5.74, 6) is 0.965. The average Bonchev–Trinajstić information content (AvgIpc) is 2.51. The lowest BCUT2D eigenvalue weighted by molar-refractivity contribution is 0.653. The van der Waals surface area contributed by atoms with Gasteiger partial charge in [-0.05, 0) is 13.0 Å². The zero-order valence-corrected chi connectivity index (χ0v) is 7.75. The smallest absolute Gasteiger partial charge is 0.239 e. The van der Waals surface area contributed by atoms with Crippen LogP contribution in [0.15, 0.2) is 18.6 Å². The molecule has 2 N–H and O–H groups in total. The van der Waals surface area contributed by atoms with Crippen LogP contribution in [0.2, 0.25) is 0 Å². The van der Waals surface area contributed by atoms with E-state index in [0.717, 1.165) is 5.69 Å². The van der Waals surface area contributed by atoms with E-state index in [-0.39, 0.29) is 5.95 Å². The number of rotatable bonds is 2. The number of nitrogen functional groups attached to an aromatic ring is 1. The summed E-state index contributed by atoms with van der Waals surface area (Å²) in [6.07, 6.45) is 3.28. The lowest BCUT2D eigenvalue weighted by atomic mass is 10.4. The van der Waals surface area contributed by atoms with E-state index in [4.69, 9.17) is 5.73 Å². The summed E-state index contributed by atoms with van der Waals surface area (Å²) < 4.78 is 1.60. The lowest BCUT2D eigenvalue weighted by Crippen LogP contribution is -2.05. The van der Waals surface area contributed by atoms with E-state index in [0.29, 0.717) is 12.4 Å². The van der Waals surface area contributed by atoms with Crippen LogP contribution in [0.1, 0.15) is 11.5 Å². The van der Waals surface area contributed by atoms with Crippen molar-refractivity contribution in [2.75, 3.05) is 5.73 Å². The maximum Gasteiger partial charge on any atom is 0.239 e. The molecule has 0 bridgehead atoms. The average molecular weight is 190 g/mol. The number of aryl methyl sites for hydroxylation is 1. The van der Waals surface area contributed by atoms with Gasteiger partial charge in [-0.15, -0.1) is 5.10 Å². The van der Waals surface area contributed by atoms with Crippen molar-refractivity contribution in [3.8, 4) is 0 Å². The standard InChI is InChI=1S/C8H10N6/c1-6-2-3-10-7(12-6)4-14-5-11-8(9)13-14/h2-3,5H,4H2,1H3,(H2,9,13). The van der Waals surface area contributed by atoms with Crippen LogP contribution >= 0.6 is 0 Å². The summed E-state index contributed by atoms with van der Waals surface area (Å²) in [6.45, 7) is 2.41. The highest BCUT2D eigenvalue weighted by molar-refractivity contribution is 5.09. The molecule has 2 aromatic heterocycles. The van der Waals surface area contributed by atoms with Crippen LogP contribution in [-0.4, -0.2) is 24.7 Å². The van der Waals surface area contributed by atoms with Gasteiger partial charge in [-0.3, -0.25) is 0 Å². The van der Waals surface area contributed by atoms with E-state index < -0.39 is 0 Å². The first kappa shape index (κ1) is 8.61. The van der Waals surface area contributed by atoms with Crippen molar-refractivity contribution in [1.29, 1.82) is 0 Å². The Kier molecular flexibility index (Phi) is 2.10. The second kappa shape index (κ2) is 3.41. The minimum atomic E-state index is 0.262. The van der Waals surface area contributed by atoms with Crippen LogP contribution in [0.4, 0.5) is 5.95 Å². The van der Waals surface area contributed by atoms with Gasteiger partial charge < -0.3 is 5.73 Å². The molecule has 0 aromatic carbocycles. The molecule has 2 aromatic rings. The first-order chi connectivity index (χ1) is 6.74. The molecule has 0 aliphatic carbocycles. The fourth-order valence-electron chi connectivity index (χ4n) is 1.11. The number of hydrogen-bond acceptors (Lipinski definition) is 5. The minimum absolute atomic E-state index is 0.262. The third kappa shape index (κ3) is 1.85. The number of aromatic nitrogens is 5. The van der Waals surface area contributed by atoms with Gasteiger partial charge in [0.05, 0.1) is 0 Å². The van der Waals surface area contributed by atoms with Gasteiger partial charge in [0, 0.05) is 11.9 Å². The van der Waals surface area contributed by atoms with Crippen molar-refractivity contribution >= 4 is 5.95 Å². The fourth-order valence-corrected chi connectivity index (χ4v) is 1.11. The first-order valence-electron chi connectivity index (χ1n) is 4.17. The van der Waals surface area contributed by atoms with Gasteiger partial charge in [0.25, 0.3) is 0 Å². The van der Waals surface area contributed by atoms with Crippen LogP contribution in [0.3, 0.4) is 0 Å². The second-order valence-electron chi connectivity index (χ2n) is 2.91. The molecule has 0 unspecified atom stereocenters. The van der Waals surface area contributed by atoms with Crippen LogP contribution < -0.4 is 5.73 Å². The molecule has 0 saturated heterocycles. The van der Waals surface area contributed by atoms with Crippen LogP contribution in [0.5, 0.6) is 0 Å². The zero-order valence-electron chi connectivity index (χ0n) is 7.75. The molecule has 72 valence electrons. The Hall–Kier alpha value is -1.98. The predicted molar refractivity (Wildman–Crippen MR) is 50.3 cm³/mol. The number of nitrogens with two attached hydrogens (primary N) is 1. The zero-order chi connectivity index (χ0) is 9.97. The van der Waals surface area contributed by atoms with E-state index in [9.17, 15) is 0 Å². The molecule has 0 spiro atoms. The monoisotopic (exact) mass is 190 g/mol. The Morgan fingerprint density at radius 2 is 2.29 bits per heavy atom. The van der Waals surface area contributed by atoms with E-state index in [1.165, 1.54) is 0 Å². The number of nitrogens with zero attached hydrogens (tertiary/aromatic N) is 5. The SMILES string of the molecule is Cc1ccnc(Cn2cnc(N)n2)n1. The summed E-state index contributed by atoms with van der Waals surface area (Å²) in [6, 6.07) is 1.85. The molecular weight excluding hydrogens is 180 g/mol. The van der Waals surface area contributed by atoms with Gasteiger partial charge in [0.1, 0.15) is 18.7 Å². The fraction of sp³-hybridized carbons (Fsp3) is 0.250. The highest BCUT2D eigenvalue weighted by Gasteiger charge is 2.00. The molecule has 0 aliphatic rings. The molecule has 2 heterocycles. The normalized spacial score (nSPS) is 10.4. The Bertz CT molecular complexity index is 435. The molecule has 6 heteroatoms. The molecule has 0 aliphatic heterocycles. The molecule has 0 fully saturated rings. The largest absolute Gasteiger partial charge is 0.367 e. The van der Waals surface area contributed by atoms with Crippen molar-refractivity contribution in [1.82, 2.24) is 24.7 Å². The van der Waals surface area contributed by atoms with Crippen molar-refractivity contribution in [3.05, 3.63) is 30.1 Å². The van der Waals surface area contributed by atoms with Crippen molar-refractivity contribution in [2.45, 2.75) is 13.5 Å². The maximum atomic E-state index is 5.38. The summed E-state index contributed by atoms with van der Waals surface area (Å²) in [7, 11) is 0. The number of anilines is 1. The van der Waals surface area contributed by atoms with E-state index in [1.54, 1.807) is 17.2 Å². The lowest BCUT2D eigenvalue weighted by Gasteiger charge is -1.99. The van der Waals surface area contributed by atoms with Gasteiger partial charge in [0.2, 0.25) is 5.95 Å². The van der Waals surface area contributed by atoms with Crippen molar-refractivity contribution in [2.24, 2.45) is 0 Å². The summed E-state index contributed by atoms with van der Waals surface area (Å²) in [4.78, 5) is 12.2. The van der Waals surface area contributed by atoms with Gasteiger partial charge in [-0.25, -0.2) is 19.6 Å². The highest BCUT2D eigenvalue weighted by Crippen LogP contribution is 1.97. The van der Waals surface area contributed by atoms with Crippen molar-refractivity contribution in [3.63, 3.8) is 0 Å². The van der Waals surface area contributed by atoms with E-state index >= 15 is 0 Å². The van der Waals surface area contributed by atoms with E-state index in [1.807, 2.05) is 13.0 Å². The quantitative estimate of drug-likeness (QED) is 0.721. The Morgan fingerprint density at radius 1 is 1.43 bits per heavy atom. The van der Waals surface area contributed by atoms with Gasteiger partial charge in [-0.2, -0.15) is 0 Å². The molecule has 0 atom stereocenters. The molecular formula is C8H10N6. The number of hydrogen-bond donors (Lipinski definition) is 1. The Labute approximate surface area is 80.8 Å². The molecule has 0 amide bonds. The highest BCUT2D eigenvalue weighted by atomic mass is 15.4. The molecule has 0 saturated carbocycles. The Morgan fingerprint density at radius 3 is 2.93 bits per heavy atom. The van der Waals surface area contributed by atoms with Crippen LogP contribution in [0, 0.1) is 6.92 Å². The van der Waals surface area contributed by atoms with Gasteiger partial charge in [-0.1, -0.05) is 0 Å². The predicted octanol–water partition coefficient (Wildman–Crippen LogP) is 0.00702.